The molecule has 4 nitrogen and oxygen atoms in total. The maximum Gasteiger partial charge on any atom is 0.313 e. The van der Waals surface area contributed by atoms with Crippen molar-refractivity contribution in [1.29, 1.82) is 0 Å². The predicted molar refractivity (Wildman–Crippen MR) is 80.5 cm³/mol. The van der Waals surface area contributed by atoms with Crippen LogP contribution in [0, 0.1) is 0 Å². The van der Waals surface area contributed by atoms with E-state index in [1.807, 2.05) is 18.2 Å². The van der Waals surface area contributed by atoms with Gasteiger partial charge in [0.15, 0.2) is 5.16 Å². The van der Waals surface area contributed by atoms with Gasteiger partial charge in [0, 0.05) is 11.1 Å². The largest absolute Gasteiger partial charge is 0.481 e. The number of carbonyl (C=O) groups is 1. The molecule has 1 aromatic carbocycles. The quantitative estimate of drug-likeness (QED) is 0.690. The first-order valence-electron chi connectivity index (χ1n) is 6.32. The molecule has 1 N–H and O–H groups in total. The van der Waals surface area contributed by atoms with Gasteiger partial charge < -0.3 is 9.67 Å². The van der Waals surface area contributed by atoms with E-state index in [1.54, 1.807) is 0 Å². The molecule has 3 rings (SSSR count). The Morgan fingerprint density at radius 3 is 2.90 bits per heavy atom. The number of aliphatic carboxylic acids is 1. The topological polar surface area (TPSA) is 55.1 Å². The summed E-state index contributed by atoms with van der Waals surface area (Å²) < 4.78 is 2.14. The molecule has 0 spiro atoms. The van der Waals surface area contributed by atoms with E-state index in [4.69, 9.17) is 16.7 Å². The van der Waals surface area contributed by atoms with E-state index in [9.17, 15) is 4.79 Å². The second-order valence-electron chi connectivity index (χ2n) is 4.68. The zero-order valence-corrected chi connectivity index (χ0v) is 12.2. The first-order valence-corrected chi connectivity index (χ1v) is 7.68. The molecule has 0 unspecified atom stereocenters. The van der Waals surface area contributed by atoms with Crippen LogP contribution in [0.1, 0.15) is 18.9 Å². The number of benzene rings is 1. The number of carboxylic acid groups (broad SMARTS) is 1. The fourth-order valence-corrected chi connectivity index (χ4v) is 3.41. The summed E-state index contributed by atoms with van der Waals surface area (Å²) in [5, 5.41) is 10.2. The molecule has 6 heteroatoms. The van der Waals surface area contributed by atoms with Crippen LogP contribution in [0.3, 0.4) is 0 Å². The van der Waals surface area contributed by atoms with Crippen LogP contribution in [0.2, 0.25) is 5.02 Å². The highest BCUT2D eigenvalue weighted by Crippen LogP contribution is 2.34. The van der Waals surface area contributed by atoms with Gasteiger partial charge in [-0.1, -0.05) is 35.5 Å². The first kappa shape index (κ1) is 13.5. The highest BCUT2D eigenvalue weighted by molar-refractivity contribution is 7.99. The summed E-state index contributed by atoms with van der Waals surface area (Å²) in [4.78, 5) is 15.3. The smallest absolute Gasteiger partial charge is 0.313 e. The van der Waals surface area contributed by atoms with Gasteiger partial charge in [-0.15, -0.1) is 0 Å². The van der Waals surface area contributed by atoms with Crippen LogP contribution >= 0.6 is 23.4 Å². The second-order valence-corrected chi connectivity index (χ2v) is 6.06. The standard InChI is InChI=1S/C14H13ClN2O2S/c15-9-5-6-12-11(7-9)16-14(20-8-13(18)19)17(12)10-3-1-2-4-10/h1-2,5-7,10H,3-4,8H2,(H,18,19). The van der Waals surface area contributed by atoms with Crippen LogP contribution in [0.5, 0.6) is 0 Å². The molecule has 0 saturated heterocycles. The predicted octanol–water partition coefficient (Wildman–Crippen LogP) is 3.76. The number of aromatic nitrogens is 2. The molecule has 0 bridgehead atoms. The lowest BCUT2D eigenvalue weighted by Crippen LogP contribution is -2.08. The molecule has 0 saturated carbocycles. The molecular weight excluding hydrogens is 296 g/mol. The van der Waals surface area contributed by atoms with Gasteiger partial charge in [0.1, 0.15) is 0 Å². The number of thioether (sulfide) groups is 1. The van der Waals surface area contributed by atoms with E-state index in [0.717, 1.165) is 29.0 Å². The van der Waals surface area contributed by atoms with Crippen molar-refractivity contribution in [2.75, 3.05) is 5.75 Å². The van der Waals surface area contributed by atoms with E-state index >= 15 is 0 Å². The van der Waals surface area contributed by atoms with Gasteiger partial charge in [-0.3, -0.25) is 4.79 Å². The van der Waals surface area contributed by atoms with Gasteiger partial charge in [-0.25, -0.2) is 4.98 Å². The van der Waals surface area contributed by atoms with Crippen LogP contribution in [0.4, 0.5) is 0 Å². The lowest BCUT2D eigenvalue weighted by Gasteiger charge is -2.15. The van der Waals surface area contributed by atoms with Gasteiger partial charge in [0.25, 0.3) is 0 Å². The Morgan fingerprint density at radius 2 is 2.20 bits per heavy atom. The van der Waals surface area contributed by atoms with E-state index in [2.05, 4.69) is 21.7 Å². The van der Waals surface area contributed by atoms with Crippen LogP contribution in [0.15, 0.2) is 35.5 Å². The molecule has 1 aliphatic rings. The molecule has 2 aromatic rings. The minimum absolute atomic E-state index is 0.0111. The highest BCUT2D eigenvalue weighted by atomic mass is 35.5. The summed E-state index contributed by atoms with van der Waals surface area (Å²) in [7, 11) is 0. The molecule has 20 heavy (non-hydrogen) atoms. The maximum atomic E-state index is 10.8. The van der Waals surface area contributed by atoms with Gasteiger partial charge in [0.05, 0.1) is 16.8 Å². The molecule has 0 atom stereocenters. The third-order valence-corrected chi connectivity index (χ3v) is 4.46. The zero-order valence-electron chi connectivity index (χ0n) is 10.6. The third-order valence-electron chi connectivity index (χ3n) is 3.29. The average molecular weight is 309 g/mol. The summed E-state index contributed by atoms with van der Waals surface area (Å²) in [6, 6.07) is 5.93. The molecule has 104 valence electrons. The summed E-state index contributed by atoms with van der Waals surface area (Å²) in [5.41, 5.74) is 1.83. The zero-order chi connectivity index (χ0) is 14.1. The SMILES string of the molecule is O=C(O)CSc1nc2cc(Cl)ccc2n1C1CC=CC1. The Bertz CT molecular complexity index is 688. The molecule has 1 heterocycles. The summed E-state index contributed by atoms with van der Waals surface area (Å²) in [5.74, 6) is -0.826. The van der Waals surface area contributed by atoms with Crippen molar-refractivity contribution in [3.05, 3.63) is 35.4 Å². The van der Waals surface area contributed by atoms with Gasteiger partial charge in [0.2, 0.25) is 0 Å². The Morgan fingerprint density at radius 1 is 1.45 bits per heavy atom. The minimum Gasteiger partial charge on any atom is -0.481 e. The third kappa shape index (κ3) is 2.55. The fourth-order valence-electron chi connectivity index (χ4n) is 2.44. The number of halogens is 1. The van der Waals surface area contributed by atoms with Crippen LogP contribution in [-0.2, 0) is 4.79 Å². The van der Waals surface area contributed by atoms with E-state index in [-0.39, 0.29) is 5.75 Å². The van der Waals surface area contributed by atoms with Crippen molar-refractivity contribution >= 4 is 40.4 Å². The molecule has 1 aromatic heterocycles. The average Bonchev–Trinajstić information content (AvgIpc) is 3.01. The summed E-state index contributed by atoms with van der Waals surface area (Å²) in [6.07, 6.45) is 6.21. The van der Waals surface area contributed by atoms with Crippen molar-refractivity contribution in [2.24, 2.45) is 0 Å². The van der Waals surface area contributed by atoms with Crippen LogP contribution in [0.25, 0.3) is 11.0 Å². The van der Waals surface area contributed by atoms with E-state index < -0.39 is 5.97 Å². The number of nitrogens with zero attached hydrogens (tertiary/aromatic N) is 2. The van der Waals surface area contributed by atoms with Crippen LogP contribution < -0.4 is 0 Å². The van der Waals surface area contributed by atoms with E-state index in [1.165, 1.54) is 11.8 Å². The molecular formula is C14H13ClN2O2S. The van der Waals surface area contributed by atoms with Crippen molar-refractivity contribution < 1.29 is 9.90 Å². The molecule has 0 amide bonds. The first-order chi connectivity index (χ1) is 9.65. The number of carboxylic acids is 1. The second kappa shape index (κ2) is 5.50. The Labute approximate surface area is 125 Å². The fraction of sp³-hybridized carbons (Fsp3) is 0.286. The lowest BCUT2D eigenvalue weighted by molar-refractivity contribution is -0.133. The van der Waals surface area contributed by atoms with Crippen molar-refractivity contribution in [3.8, 4) is 0 Å². The number of hydrogen-bond acceptors (Lipinski definition) is 3. The summed E-state index contributed by atoms with van der Waals surface area (Å²) in [6.45, 7) is 0. The Hall–Kier alpha value is -1.46. The van der Waals surface area contributed by atoms with Gasteiger partial charge >= 0.3 is 5.97 Å². The van der Waals surface area contributed by atoms with Gasteiger partial charge in [-0.2, -0.15) is 0 Å². The van der Waals surface area contributed by atoms with Gasteiger partial charge in [-0.05, 0) is 31.0 Å². The highest BCUT2D eigenvalue weighted by Gasteiger charge is 2.21. The Balaban J connectivity index is 2.06. The van der Waals surface area contributed by atoms with Crippen molar-refractivity contribution in [3.63, 3.8) is 0 Å². The summed E-state index contributed by atoms with van der Waals surface area (Å²) >= 11 is 7.26. The Kier molecular flexibility index (Phi) is 3.72. The number of rotatable bonds is 4. The molecule has 1 aliphatic carbocycles. The number of allylic oxidation sites excluding steroid dienone is 2. The van der Waals surface area contributed by atoms with Crippen molar-refractivity contribution in [1.82, 2.24) is 9.55 Å². The minimum atomic E-state index is -0.837. The molecule has 0 radical (unpaired) electrons. The van der Waals surface area contributed by atoms with Crippen molar-refractivity contribution in [2.45, 2.75) is 24.0 Å². The molecule has 0 fully saturated rings. The normalized spacial score (nSPS) is 15.2. The monoisotopic (exact) mass is 308 g/mol. The lowest BCUT2D eigenvalue weighted by atomic mass is 10.2. The number of hydrogen-bond donors (Lipinski definition) is 1. The molecule has 0 aliphatic heterocycles. The van der Waals surface area contributed by atoms with E-state index in [0.29, 0.717) is 11.1 Å². The number of imidazole rings is 1. The number of fused-ring (bicyclic) bond motifs is 1. The maximum absolute atomic E-state index is 10.8. The van der Waals surface area contributed by atoms with Crippen LogP contribution in [-0.4, -0.2) is 26.4 Å².